The number of hydrogen-bond donors (Lipinski definition) is 1. The normalized spacial score (nSPS) is 18.3. The maximum absolute atomic E-state index is 11.2. The Morgan fingerprint density at radius 3 is 2.75 bits per heavy atom. The minimum atomic E-state index is -0.908. The van der Waals surface area contributed by atoms with Crippen LogP contribution in [0.5, 0.6) is 0 Å². The number of imidazole rings is 1. The number of ether oxygens (including phenoxy) is 1. The summed E-state index contributed by atoms with van der Waals surface area (Å²) in [4.78, 5) is 15.7. The molecule has 1 saturated heterocycles. The zero-order chi connectivity index (χ0) is 14.3. The number of nitrogens with zero attached hydrogens (tertiary/aromatic N) is 2. The Hall–Kier alpha value is -1.88. The van der Waals surface area contributed by atoms with Gasteiger partial charge in [0.15, 0.2) is 0 Å². The summed E-state index contributed by atoms with van der Waals surface area (Å²) < 4.78 is 7.63. The van der Waals surface area contributed by atoms with E-state index in [0.29, 0.717) is 5.56 Å². The number of aromatic nitrogens is 2. The van der Waals surface area contributed by atoms with Crippen molar-refractivity contribution in [3.05, 3.63) is 29.6 Å². The zero-order valence-electron chi connectivity index (χ0n) is 11.7. The number of aromatic carboxylic acids is 1. The third kappa shape index (κ3) is 1.98. The second-order valence-electron chi connectivity index (χ2n) is 5.61. The predicted octanol–water partition coefficient (Wildman–Crippen LogP) is 2.57. The summed E-state index contributed by atoms with van der Waals surface area (Å²) in [5.41, 5.74) is 1.98. The fourth-order valence-corrected chi connectivity index (χ4v) is 3.04. The quantitative estimate of drug-likeness (QED) is 0.914. The Balaban J connectivity index is 2.20. The molecule has 0 saturated carbocycles. The van der Waals surface area contributed by atoms with Gasteiger partial charge in [0, 0.05) is 18.8 Å². The van der Waals surface area contributed by atoms with Crippen molar-refractivity contribution >= 4 is 17.0 Å². The molecule has 0 spiro atoms. The van der Waals surface area contributed by atoms with Crippen LogP contribution in [0.3, 0.4) is 0 Å². The van der Waals surface area contributed by atoms with Gasteiger partial charge in [-0.25, -0.2) is 9.78 Å². The van der Waals surface area contributed by atoms with Gasteiger partial charge in [-0.2, -0.15) is 0 Å². The smallest absolute Gasteiger partial charge is 0.335 e. The SMILES string of the molecule is Cc1nc2ccc(C(=O)O)cc2n1C1(C)CCOCC1. The van der Waals surface area contributed by atoms with Crippen LogP contribution in [0.15, 0.2) is 18.2 Å². The molecule has 0 atom stereocenters. The van der Waals surface area contributed by atoms with Gasteiger partial charge in [0.25, 0.3) is 0 Å². The highest BCUT2D eigenvalue weighted by atomic mass is 16.5. The van der Waals surface area contributed by atoms with Gasteiger partial charge in [-0.3, -0.25) is 0 Å². The van der Waals surface area contributed by atoms with Crippen LogP contribution in [-0.2, 0) is 10.3 Å². The Labute approximate surface area is 117 Å². The lowest BCUT2D eigenvalue weighted by molar-refractivity contribution is 0.0303. The van der Waals surface area contributed by atoms with Crippen molar-refractivity contribution in [1.29, 1.82) is 0 Å². The third-order valence-electron chi connectivity index (χ3n) is 4.18. The van der Waals surface area contributed by atoms with Crippen molar-refractivity contribution in [2.45, 2.75) is 32.2 Å². The molecule has 0 unspecified atom stereocenters. The highest BCUT2D eigenvalue weighted by molar-refractivity contribution is 5.92. The standard InChI is InChI=1S/C15H18N2O3/c1-10-16-12-4-3-11(14(18)19)9-13(12)17(10)15(2)5-7-20-8-6-15/h3-4,9H,5-8H2,1-2H3,(H,18,19). The number of carbonyl (C=O) groups is 1. The molecular formula is C15H18N2O3. The number of hydrogen-bond acceptors (Lipinski definition) is 3. The van der Waals surface area contributed by atoms with E-state index in [1.807, 2.05) is 6.92 Å². The summed E-state index contributed by atoms with van der Waals surface area (Å²) in [7, 11) is 0. The molecule has 1 N–H and O–H groups in total. The first-order chi connectivity index (χ1) is 9.51. The molecule has 0 aliphatic carbocycles. The molecule has 1 fully saturated rings. The van der Waals surface area contributed by atoms with Gasteiger partial charge in [0.2, 0.25) is 0 Å². The molecule has 1 aromatic carbocycles. The Bertz CT molecular complexity index is 669. The van der Waals surface area contributed by atoms with Crippen LogP contribution in [0.1, 0.15) is 35.9 Å². The van der Waals surface area contributed by atoms with Crippen molar-refractivity contribution in [3.63, 3.8) is 0 Å². The highest BCUT2D eigenvalue weighted by Crippen LogP contribution is 2.33. The molecule has 2 heterocycles. The summed E-state index contributed by atoms with van der Waals surface area (Å²) in [6.45, 7) is 5.63. The van der Waals surface area contributed by atoms with Crippen molar-refractivity contribution in [1.82, 2.24) is 9.55 Å². The summed E-state index contributed by atoms with van der Waals surface area (Å²) in [5, 5.41) is 9.17. The average Bonchev–Trinajstić information content (AvgIpc) is 2.74. The van der Waals surface area contributed by atoms with Gasteiger partial charge >= 0.3 is 5.97 Å². The van der Waals surface area contributed by atoms with Crippen LogP contribution in [0.25, 0.3) is 11.0 Å². The molecule has 3 rings (SSSR count). The zero-order valence-corrected chi connectivity index (χ0v) is 11.7. The van der Waals surface area contributed by atoms with Crippen molar-refractivity contribution in [2.24, 2.45) is 0 Å². The van der Waals surface area contributed by atoms with Gasteiger partial charge in [0.05, 0.1) is 16.6 Å². The second kappa shape index (κ2) is 4.59. The lowest BCUT2D eigenvalue weighted by atomic mass is 9.91. The highest BCUT2D eigenvalue weighted by Gasteiger charge is 2.32. The van der Waals surface area contributed by atoms with E-state index in [4.69, 9.17) is 9.84 Å². The molecule has 5 heteroatoms. The van der Waals surface area contributed by atoms with E-state index < -0.39 is 5.97 Å². The number of benzene rings is 1. The Morgan fingerprint density at radius 1 is 1.40 bits per heavy atom. The number of aryl methyl sites for hydroxylation is 1. The summed E-state index contributed by atoms with van der Waals surface area (Å²) in [6, 6.07) is 5.11. The molecular weight excluding hydrogens is 256 g/mol. The monoisotopic (exact) mass is 274 g/mol. The van der Waals surface area contributed by atoms with Gasteiger partial charge in [-0.05, 0) is 44.9 Å². The fraction of sp³-hybridized carbons (Fsp3) is 0.467. The van der Waals surface area contributed by atoms with Crippen LogP contribution in [0.2, 0.25) is 0 Å². The van der Waals surface area contributed by atoms with Crippen molar-refractivity contribution < 1.29 is 14.6 Å². The Morgan fingerprint density at radius 2 is 2.10 bits per heavy atom. The second-order valence-corrected chi connectivity index (χ2v) is 5.61. The van der Waals surface area contributed by atoms with Crippen LogP contribution in [0, 0.1) is 6.92 Å². The summed E-state index contributed by atoms with van der Waals surface area (Å²) in [5.74, 6) is 0.0152. The molecule has 20 heavy (non-hydrogen) atoms. The molecule has 2 aromatic rings. The molecule has 0 radical (unpaired) electrons. The van der Waals surface area contributed by atoms with Crippen molar-refractivity contribution in [2.75, 3.05) is 13.2 Å². The number of fused-ring (bicyclic) bond motifs is 1. The topological polar surface area (TPSA) is 64.3 Å². The van der Waals surface area contributed by atoms with Crippen molar-refractivity contribution in [3.8, 4) is 0 Å². The molecule has 1 aromatic heterocycles. The molecule has 1 aliphatic heterocycles. The molecule has 0 amide bonds. The fourth-order valence-electron chi connectivity index (χ4n) is 3.04. The van der Waals surface area contributed by atoms with E-state index in [9.17, 15) is 4.79 Å². The van der Waals surface area contributed by atoms with Gasteiger partial charge in [-0.15, -0.1) is 0 Å². The average molecular weight is 274 g/mol. The predicted molar refractivity (Wildman–Crippen MR) is 75.1 cm³/mol. The van der Waals surface area contributed by atoms with E-state index >= 15 is 0 Å². The van der Waals surface area contributed by atoms with Gasteiger partial charge in [0.1, 0.15) is 5.82 Å². The van der Waals surface area contributed by atoms with E-state index in [2.05, 4.69) is 16.5 Å². The van der Waals surface area contributed by atoms with Crippen LogP contribution < -0.4 is 0 Å². The summed E-state index contributed by atoms with van der Waals surface area (Å²) >= 11 is 0. The number of carboxylic acids is 1. The molecule has 5 nitrogen and oxygen atoms in total. The first kappa shape index (κ1) is 13.1. The van der Waals surface area contributed by atoms with E-state index in [1.165, 1.54) is 0 Å². The van der Waals surface area contributed by atoms with E-state index in [0.717, 1.165) is 42.9 Å². The lowest BCUT2D eigenvalue weighted by Crippen LogP contribution is -2.37. The van der Waals surface area contributed by atoms with E-state index in [-0.39, 0.29) is 5.54 Å². The minimum absolute atomic E-state index is 0.0613. The largest absolute Gasteiger partial charge is 0.478 e. The maximum atomic E-state index is 11.2. The number of rotatable bonds is 2. The Kier molecular flexibility index (Phi) is 3.01. The van der Waals surface area contributed by atoms with Crippen LogP contribution in [0.4, 0.5) is 0 Å². The van der Waals surface area contributed by atoms with E-state index in [1.54, 1.807) is 18.2 Å². The number of carboxylic acid groups (broad SMARTS) is 1. The molecule has 1 aliphatic rings. The molecule has 0 bridgehead atoms. The first-order valence-corrected chi connectivity index (χ1v) is 6.82. The van der Waals surface area contributed by atoms with Gasteiger partial charge < -0.3 is 14.4 Å². The van der Waals surface area contributed by atoms with Crippen LogP contribution >= 0.6 is 0 Å². The first-order valence-electron chi connectivity index (χ1n) is 6.82. The van der Waals surface area contributed by atoms with Crippen LogP contribution in [-0.4, -0.2) is 33.8 Å². The third-order valence-corrected chi connectivity index (χ3v) is 4.18. The lowest BCUT2D eigenvalue weighted by Gasteiger charge is -2.36. The molecule has 106 valence electrons. The minimum Gasteiger partial charge on any atom is -0.478 e. The maximum Gasteiger partial charge on any atom is 0.335 e. The van der Waals surface area contributed by atoms with Gasteiger partial charge in [-0.1, -0.05) is 0 Å². The summed E-state index contributed by atoms with van der Waals surface area (Å²) in [6.07, 6.45) is 1.83.